The Bertz CT molecular complexity index is 2020. The Labute approximate surface area is 298 Å². The topological polar surface area (TPSA) is 0 Å². The minimum Gasteiger partial charge on any atom is -0.0647 e. The van der Waals surface area contributed by atoms with Crippen LogP contribution in [0.4, 0.5) is 0 Å². The average molecular weight is 649 g/mol. The molecule has 256 valence electrons. The lowest BCUT2D eigenvalue weighted by Gasteiger charge is -2.26. The molecule has 0 amide bonds. The smallest absolute Gasteiger partial charge is 0.00143 e. The summed E-state index contributed by atoms with van der Waals surface area (Å²) in [5, 5.41) is 0. The molecule has 4 aromatic carbocycles. The third-order valence-corrected chi connectivity index (χ3v) is 14.3. The summed E-state index contributed by atoms with van der Waals surface area (Å²) in [6.45, 7) is 42.4. The van der Waals surface area contributed by atoms with E-state index in [4.69, 9.17) is 0 Å². The van der Waals surface area contributed by atoms with Crippen molar-refractivity contribution in [3.63, 3.8) is 0 Å². The molecular formula is C49H60. The first-order valence-electron chi connectivity index (χ1n) is 18.6. The molecular weight excluding hydrogens is 589 g/mol. The summed E-state index contributed by atoms with van der Waals surface area (Å²) in [6.07, 6.45) is 3.10. The fourth-order valence-electron chi connectivity index (χ4n) is 9.89. The lowest BCUT2D eigenvalue weighted by molar-refractivity contribution is 1.13. The van der Waals surface area contributed by atoms with Gasteiger partial charge in [-0.15, -0.1) is 0 Å². The van der Waals surface area contributed by atoms with Crippen LogP contribution in [0, 0.1) is 111 Å². The molecule has 0 heteroatoms. The Kier molecular flexibility index (Phi) is 8.62. The molecule has 2 aliphatic carbocycles. The number of hydrogen-bond acceptors (Lipinski definition) is 0. The van der Waals surface area contributed by atoms with Crippen molar-refractivity contribution in [2.45, 2.75) is 144 Å². The minimum absolute atomic E-state index is 1.01. The highest BCUT2D eigenvalue weighted by molar-refractivity contribution is 5.97. The first kappa shape index (κ1) is 35.2. The Morgan fingerprint density at radius 3 is 0.735 bits per heavy atom. The van der Waals surface area contributed by atoms with Gasteiger partial charge in [0.1, 0.15) is 0 Å². The van der Waals surface area contributed by atoms with Crippen LogP contribution in [0.2, 0.25) is 0 Å². The van der Waals surface area contributed by atoms with E-state index < -0.39 is 0 Å². The van der Waals surface area contributed by atoms with E-state index in [2.05, 4.69) is 125 Å². The molecule has 0 fully saturated rings. The molecule has 0 spiro atoms. The minimum atomic E-state index is 1.01. The number of allylic oxidation sites excluding steroid dienone is 4. The Hall–Kier alpha value is -3.64. The van der Waals surface area contributed by atoms with Crippen LogP contribution in [0.25, 0.3) is 33.4 Å². The zero-order chi connectivity index (χ0) is 36.3. The largest absolute Gasteiger partial charge is 0.0647 e. The van der Waals surface area contributed by atoms with Gasteiger partial charge in [0.15, 0.2) is 0 Å². The van der Waals surface area contributed by atoms with Crippen molar-refractivity contribution in [3.8, 4) is 22.3 Å². The molecule has 49 heavy (non-hydrogen) atoms. The Morgan fingerprint density at radius 2 is 0.449 bits per heavy atom. The predicted octanol–water partition coefficient (Wildman–Crippen LogP) is 13.7. The van der Waals surface area contributed by atoms with E-state index in [0.717, 1.165) is 19.3 Å². The molecule has 0 radical (unpaired) electrons. The SMILES string of the molecule is CC1=C(CC2=C(C)Cc3c2c(C)c(C)c(C)c3-c2c(C)c(C)c(C)c(C)c2C)c2c(C)c(C)c(C)c(-c3c(C)c(C)c(C)c(C)c3C)c2C1. The number of fused-ring (bicyclic) bond motifs is 2. The van der Waals surface area contributed by atoms with Gasteiger partial charge in [0, 0.05) is 0 Å². The van der Waals surface area contributed by atoms with Gasteiger partial charge < -0.3 is 0 Å². The summed E-state index contributed by atoms with van der Waals surface area (Å²) in [6, 6.07) is 0. The van der Waals surface area contributed by atoms with Crippen LogP contribution in [0.3, 0.4) is 0 Å². The highest BCUT2D eigenvalue weighted by Gasteiger charge is 2.34. The molecule has 0 aliphatic heterocycles. The summed E-state index contributed by atoms with van der Waals surface area (Å²) in [4.78, 5) is 0. The monoisotopic (exact) mass is 648 g/mol. The summed E-state index contributed by atoms with van der Waals surface area (Å²) in [5.41, 5.74) is 41.6. The van der Waals surface area contributed by atoms with Crippen molar-refractivity contribution in [1.29, 1.82) is 0 Å². The third-order valence-electron chi connectivity index (χ3n) is 14.3. The van der Waals surface area contributed by atoms with E-state index in [9.17, 15) is 0 Å². The van der Waals surface area contributed by atoms with E-state index in [-0.39, 0.29) is 0 Å². The predicted molar refractivity (Wildman–Crippen MR) is 217 cm³/mol. The fraction of sp³-hybridized carbons (Fsp3) is 0.429. The van der Waals surface area contributed by atoms with Crippen LogP contribution in [0.15, 0.2) is 11.1 Å². The fourth-order valence-corrected chi connectivity index (χ4v) is 9.89. The van der Waals surface area contributed by atoms with Crippen molar-refractivity contribution in [3.05, 3.63) is 122 Å². The van der Waals surface area contributed by atoms with Crippen LogP contribution >= 0.6 is 0 Å². The summed E-state index contributed by atoms with van der Waals surface area (Å²) >= 11 is 0. The zero-order valence-electron chi connectivity index (χ0n) is 34.1. The molecule has 0 heterocycles. The van der Waals surface area contributed by atoms with Gasteiger partial charge >= 0.3 is 0 Å². The highest BCUT2D eigenvalue weighted by atomic mass is 14.4. The van der Waals surface area contributed by atoms with Gasteiger partial charge in [-0.25, -0.2) is 0 Å². The maximum absolute atomic E-state index is 2.42. The van der Waals surface area contributed by atoms with Gasteiger partial charge in [0.2, 0.25) is 0 Å². The summed E-state index contributed by atoms with van der Waals surface area (Å²) < 4.78 is 0. The molecule has 0 aromatic heterocycles. The first-order valence-corrected chi connectivity index (χ1v) is 18.6. The highest BCUT2D eigenvalue weighted by Crippen LogP contribution is 2.53. The average Bonchev–Trinajstić information content (AvgIpc) is 3.57. The number of benzene rings is 4. The second-order valence-electron chi connectivity index (χ2n) is 16.3. The normalized spacial score (nSPS) is 14.1. The second kappa shape index (κ2) is 12.0. The van der Waals surface area contributed by atoms with Crippen molar-refractivity contribution < 1.29 is 0 Å². The maximum atomic E-state index is 2.42. The Balaban J connectivity index is 1.57. The molecule has 0 saturated carbocycles. The molecule has 4 aromatic rings. The van der Waals surface area contributed by atoms with Gasteiger partial charge in [0.05, 0.1) is 0 Å². The zero-order valence-corrected chi connectivity index (χ0v) is 34.1. The van der Waals surface area contributed by atoms with Crippen LogP contribution < -0.4 is 0 Å². The molecule has 0 N–H and O–H groups in total. The van der Waals surface area contributed by atoms with Gasteiger partial charge in [-0.2, -0.15) is 0 Å². The van der Waals surface area contributed by atoms with Gasteiger partial charge in [-0.1, -0.05) is 11.1 Å². The van der Waals surface area contributed by atoms with E-state index in [1.165, 1.54) is 122 Å². The van der Waals surface area contributed by atoms with Gasteiger partial charge in [0.25, 0.3) is 0 Å². The van der Waals surface area contributed by atoms with Crippen LogP contribution in [0.5, 0.6) is 0 Å². The van der Waals surface area contributed by atoms with E-state index in [1.54, 1.807) is 33.4 Å². The van der Waals surface area contributed by atoms with Crippen LogP contribution in [-0.2, 0) is 12.8 Å². The quantitative estimate of drug-likeness (QED) is 0.207. The molecule has 0 atom stereocenters. The lowest BCUT2D eigenvalue weighted by Crippen LogP contribution is -2.07. The van der Waals surface area contributed by atoms with Crippen molar-refractivity contribution in [2.75, 3.05) is 0 Å². The molecule has 0 saturated heterocycles. The number of rotatable bonds is 4. The van der Waals surface area contributed by atoms with Crippen LogP contribution in [0.1, 0.15) is 132 Å². The van der Waals surface area contributed by atoms with Crippen LogP contribution in [-0.4, -0.2) is 0 Å². The van der Waals surface area contributed by atoms with Gasteiger partial charge in [-0.3, -0.25) is 0 Å². The maximum Gasteiger partial charge on any atom is -0.00143 e. The summed E-state index contributed by atoms with van der Waals surface area (Å²) in [5.74, 6) is 0. The van der Waals surface area contributed by atoms with Gasteiger partial charge in [-0.05, 0) is 289 Å². The van der Waals surface area contributed by atoms with Crippen molar-refractivity contribution in [2.24, 2.45) is 0 Å². The van der Waals surface area contributed by atoms with Crippen molar-refractivity contribution in [1.82, 2.24) is 0 Å². The van der Waals surface area contributed by atoms with E-state index in [0.29, 0.717) is 0 Å². The summed E-state index contributed by atoms with van der Waals surface area (Å²) in [7, 11) is 0. The molecule has 0 bridgehead atoms. The van der Waals surface area contributed by atoms with E-state index in [1.807, 2.05) is 0 Å². The lowest BCUT2D eigenvalue weighted by atomic mass is 9.78. The molecule has 2 aliphatic rings. The van der Waals surface area contributed by atoms with Crippen molar-refractivity contribution >= 4 is 11.1 Å². The molecule has 6 rings (SSSR count). The second-order valence-corrected chi connectivity index (χ2v) is 16.3. The Morgan fingerprint density at radius 1 is 0.245 bits per heavy atom. The first-order chi connectivity index (χ1) is 22.8. The van der Waals surface area contributed by atoms with E-state index >= 15 is 0 Å². The standard InChI is InChI=1S/C49H60/c1-22-19-42-46(36(15)30(9)38(17)48(42)44-32(11)26(5)24(3)27(6)33(44)12)40(22)21-41-23(2)20-43-47(41)37(16)31(10)39(18)49(43)45-34(13)28(7)25(4)29(8)35(45)14/h19-21H2,1-18H3. The third kappa shape index (κ3) is 4.83. The molecule has 0 unspecified atom stereocenters. The number of hydrogen-bond donors (Lipinski definition) is 0. The molecule has 0 nitrogen and oxygen atoms in total.